The molecule has 0 spiro atoms. The molecule has 0 amide bonds. The molecule has 2 saturated carbocycles. The van der Waals surface area contributed by atoms with E-state index in [0.29, 0.717) is 17.2 Å². The van der Waals surface area contributed by atoms with Crippen molar-refractivity contribution in [2.45, 2.75) is 44.7 Å². The SMILES string of the molecule is Cc1c(Cl)cccc1-c1cc(NC2CC2)nc(N)n1.Nc1nc(Cl)cc(NC2CC2)n1. The van der Waals surface area contributed by atoms with Gasteiger partial charge < -0.3 is 22.1 Å². The monoisotopic (exact) mass is 458 g/mol. The van der Waals surface area contributed by atoms with Crippen LogP contribution in [0.3, 0.4) is 0 Å². The third-order valence-corrected chi connectivity index (χ3v) is 5.46. The second kappa shape index (κ2) is 9.11. The average Bonchev–Trinajstić information content (AvgIpc) is 3.61. The molecule has 31 heavy (non-hydrogen) atoms. The molecule has 3 aromatic rings. The molecule has 8 nitrogen and oxygen atoms in total. The fraction of sp³-hybridized carbons (Fsp3) is 0.333. The van der Waals surface area contributed by atoms with Crippen LogP contribution in [0.15, 0.2) is 30.3 Å². The zero-order chi connectivity index (χ0) is 22.0. The van der Waals surface area contributed by atoms with Crippen molar-refractivity contribution in [2.75, 3.05) is 22.1 Å². The van der Waals surface area contributed by atoms with Crippen LogP contribution in [0.1, 0.15) is 31.2 Å². The first-order valence-electron chi connectivity index (χ1n) is 10.1. The first kappa shape index (κ1) is 21.4. The van der Waals surface area contributed by atoms with E-state index in [4.69, 9.17) is 34.7 Å². The average molecular weight is 459 g/mol. The predicted molar refractivity (Wildman–Crippen MR) is 126 cm³/mol. The van der Waals surface area contributed by atoms with Gasteiger partial charge in [0.25, 0.3) is 0 Å². The molecule has 2 aliphatic carbocycles. The van der Waals surface area contributed by atoms with Crippen LogP contribution in [0.2, 0.25) is 10.2 Å². The zero-order valence-corrected chi connectivity index (χ0v) is 18.6. The van der Waals surface area contributed by atoms with Crippen molar-refractivity contribution >= 4 is 46.7 Å². The highest BCUT2D eigenvalue weighted by molar-refractivity contribution is 6.31. The standard InChI is InChI=1S/C14H15ClN4.C7H9ClN4/c1-8-10(3-2-4-11(8)15)12-7-13(17-9-5-6-9)19-14(16)18-12;8-5-3-6(10-4-1-2-4)12-7(9)11-5/h2-4,7,9H,5-6H2,1H3,(H3,16,17,18,19);3-4H,1-2H2,(H3,9,10,11,12). The second-order valence-corrected chi connectivity index (χ2v) is 8.47. The molecule has 0 atom stereocenters. The molecular weight excluding hydrogens is 435 g/mol. The Morgan fingerprint density at radius 3 is 2.00 bits per heavy atom. The summed E-state index contributed by atoms with van der Waals surface area (Å²) in [4.78, 5) is 16.3. The van der Waals surface area contributed by atoms with Crippen LogP contribution in [-0.2, 0) is 0 Å². The molecule has 2 fully saturated rings. The van der Waals surface area contributed by atoms with Gasteiger partial charge >= 0.3 is 0 Å². The van der Waals surface area contributed by atoms with Gasteiger partial charge in [-0.15, -0.1) is 0 Å². The Labute approximate surface area is 190 Å². The third kappa shape index (κ3) is 6.08. The first-order valence-corrected chi connectivity index (χ1v) is 10.9. The molecule has 5 rings (SSSR count). The molecule has 0 radical (unpaired) electrons. The predicted octanol–water partition coefficient (Wildman–Crippen LogP) is 4.55. The smallest absolute Gasteiger partial charge is 0.223 e. The summed E-state index contributed by atoms with van der Waals surface area (Å²) in [5, 5.41) is 7.63. The summed E-state index contributed by atoms with van der Waals surface area (Å²) in [5.74, 6) is 1.99. The Bertz CT molecular complexity index is 1060. The van der Waals surface area contributed by atoms with Gasteiger partial charge in [0, 0.05) is 34.8 Å². The topological polar surface area (TPSA) is 128 Å². The number of anilines is 4. The van der Waals surface area contributed by atoms with Crippen LogP contribution in [0, 0.1) is 6.92 Å². The maximum atomic E-state index is 6.15. The minimum absolute atomic E-state index is 0.214. The highest BCUT2D eigenvalue weighted by Gasteiger charge is 2.22. The van der Waals surface area contributed by atoms with Gasteiger partial charge in [0.2, 0.25) is 11.9 Å². The van der Waals surface area contributed by atoms with Crippen molar-refractivity contribution in [2.24, 2.45) is 0 Å². The molecule has 0 saturated heterocycles. The van der Waals surface area contributed by atoms with Crippen molar-refractivity contribution in [3.63, 3.8) is 0 Å². The lowest BCUT2D eigenvalue weighted by atomic mass is 10.1. The number of nitrogens with zero attached hydrogens (tertiary/aromatic N) is 4. The van der Waals surface area contributed by atoms with E-state index in [1.165, 1.54) is 25.7 Å². The number of nitrogens with one attached hydrogen (secondary N) is 2. The molecule has 0 unspecified atom stereocenters. The van der Waals surface area contributed by atoms with E-state index in [1.54, 1.807) is 6.07 Å². The largest absolute Gasteiger partial charge is 0.368 e. The van der Waals surface area contributed by atoms with Gasteiger partial charge in [0.1, 0.15) is 16.8 Å². The molecular formula is C21H24Cl2N8. The Balaban J connectivity index is 0.000000166. The molecule has 162 valence electrons. The van der Waals surface area contributed by atoms with Crippen molar-refractivity contribution in [3.05, 3.63) is 46.1 Å². The quantitative estimate of drug-likeness (QED) is 0.409. The summed E-state index contributed by atoms with van der Waals surface area (Å²) < 4.78 is 0. The minimum Gasteiger partial charge on any atom is -0.368 e. The van der Waals surface area contributed by atoms with Crippen LogP contribution < -0.4 is 22.1 Å². The van der Waals surface area contributed by atoms with E-state index >= 15 is 0 Å². The highest BCUT2D eigenvalue weighted by Crippen LogP contribution is 2.30. The van der Waals surface area contributed by atoms with E-state index in [2.05, 4.69) is 30.6 Å². The zero-order valence-electron chi connectivity index (χ0n) is 17.1. The van der Waals surface area contributed by atoms with E-state index < -0.39 is 0 Å². The Hall–Kier alpha value is -2.84. The van der Waals surface area contributed by atoms with Crippen molar-refractivity contribution in [1.82, 2.24) is 19.9 Å². The normalized spacial score (nSPS) is 15.1. The van der Waals surface area contributed by atoms with E-state index in [0.717, 1.165) is 33.5 Å². The van der Waals surface area contributed by atoms with Gasteiger partial charge in [0.15, 0.2) is 0 Å². The van der Waals surface area contributed by atoms with Gasteiger partial charge in [-0.1, -0.05) is 35.3 Å². The van der Waals surface area contributed by atoms with Crippen LogP contribution in [0.5, 0.6) is 0 Å². The number of rotatable bonds is 5. The molecule has 2 aromatic heterocycles. The van der Waals surface area contributed by atoms with Gasteiger partial charge in [-0.2, -0.15) is 9.97 Å². The molecule has 0 aliphatic heterocycles. The Morgan fingerprint density at radius 2 is 1.42 bits per heavy atom. The Morgan fingerprint density at radius 1 is 0.839 bits per heavy atom. The van der Waals surface area contributed by atoms with Crippen molar-refractivity contribution < 1.29 is 0 Å². The summed E-state index contributed by atoms with van der Waals surface area (Å²) in [6.45, 7) is 1.98. The molecule has 0 bridgehead atoms. The minimum atomic E-state index is 0.214. The molecule has 10 heteroatoms. The first-order chi connectivity index (χ1) is 14.9. The Kier molecular flexibility index (Phi) is 6.29. The van der Waals surface area contributed by atoms with E-state index in [9.17, 15) is 0 Å². The van der Waals surface area contributed by atoms with Gasteiger partial charge in [-0.25, -0.2) is 9.97 Å². The van der Waals surface area contributed by atoms with Crippen LogP contribution in [0.25, 0.3) is 11.3 Å². The summed E-state index contributed by atoms with van der Waals surface area (Å²) >= 11 is 11.8. The molecule has 6 N–H and O–H groups in total. The summed E-state index contributed by atoms with van der Waals surface area (Å²) in [5.41, 5.74) is 14.0. The maximum Gasteiger partial charge on any atom is 0.223 e. The van der Waals surface area contributed by atoms with Gasteiger partial charge in [-0.3, -0.25) is 0 Å². The molecule has 2 heterocycles. The van der Waals surface area contributed by atoms with Crippen LogP contribution in [-0.4, -0.2) is 32.0 Å². The second-order valence-electron chi connectivity index (χ2n) is 7.68. The summed E-state index contributed by atoms with van der Waals surface area (Å²) in [7, 11) is 0. The van der Waals surface area contributed by atoms with Gasteiger partial charge in [0.05, 0.1) is 5.69 Å². The summed E-state index contributed by atoms with van der Waals surface area (Å²) in [6.07, 6.45) is 4.77. The van der Waals surface area contributed by atoms with E-state index in [-0.39, 0.29) is 11.9 Å². The number of benzene rings is 1. The van der Waals surface area contributed by atoms with Gasteiger partial charge in [-0.05, 0) is 44.2 Å². The number of hydrogen-bond acceptors (Lipinski definition) is 8. The lowest BCUT2D eigenvalue weighted by Crippen LogP contribution is -2.06. The highest BCUT2D eigenvalue weighted by atomic mass is 35.5. The van der Waals surface area contributed by atoms with Crippen molar-refractivity contribution in [3.8, 4) is 11.3 Å². The number of nitrogens with two attached hydrogens (primary N) is 2. The van der Waals surface area contributed by atoms with Crippen LogP contribution >= 0.6 is 23.2 Å². The fourth-order valence-corrected chi connectivity index (χ4v) is 3.31. The summed E-state index contributed by atoms with van der Waals surface area (Å²) in [6, 6.07) is 10.5. The number of nitrogen functional groups attached to an aromatic ring is 2. The van der Waals surface area contributed by atoms with Crippen LogP contribution in [0.4, 0.5) is 23.5 Å². The number of halogens is 2. The number of hydrogen-bond donors (Lipinski definition) is 4. The molecule has 2 aliphatic rings. The lowest BCUT2D eigenvalue weighted by molar-refractivity contribution is 1.09. The third-order valence-electron chi connectivity index (χ3n) is 4.86. The van der Waals surface area contributed by atoms with Crippen molar-refractivity contribution in [1.29, 1.82) is 0 Å². The fourth-order valence-electron chi connectivity index (χ4n) is 2.95. The number of aromatic nitrogens is 4. The van der Waals surface area contributed by atoms with E-state index in [1.807, 2.05) is 31.2 Å². The molecule has 1 aromatic carbocycles. The maximum absolute atomic E-state index is 6.15. The lowest BCUT2D eigenvalue weighted by Gasteiger charge is -2.10.